The molecule has 0 aliphatic heterocycles. The van der Waals surface area contributed by atoms with Gasteiger partial charge in [0.25, 0.3) is 5.69 Å². The SMILES string of the molecule is CCS(=O)(=O)CC(C)Nc1cc(Cl)ccc1[N+](=O)[O-]. The molecule has 0 spiro atoms. The van der Waals surface area contributed by atoms with Crippen molar-refractivity contribution in [3.05, 3.63) is 33.3 Å². The highest BCUT2D eigenvalue weighted by Gasteiger charge is 2.18. The molecule has 19 heavy (non-hydrogen) atoms. The van der Waals surface area contributed by atoms with Crippen LogP contribution in [0.15, 0.2) is 18.2 Å². The van der Waals surface area contributed by atoms with Crippen LogP contribution in [0.3, 0.4) is 0 Å². The molecule has 0 aliphatic rings. The van der Waals surface area contributed by atoms with Gasteiger partial charge in [0, 0.05) is 22.9 Å². The van der Waals surface area contributed by atoms with Gasteiger partial charge in [-0.3, -0.25) is 10.1 Å². The third kappa shape index (κ3) is 4.68. The molecule has 0 bridgehead atoms. The van der Waals surface area contributed by atoms with Crippen LogP contribution in [-0.2, 0) is 9.84 Å². The highest BCUT2D eigenvalue weighted by atomic mass is 35.5. The molecule has 0 heterocycles. The average Bonchev–Trinajstić information content (AvgIpc) is 2.27. The summed E-state index contributed by atoms with van der Waals surface area (Å²) in [6, 6.07) is 3.67. The standard InChI is InChI=1S/C11H15ClN2O4S/c1-3-19(17,18)7-8(2)13-10-6-9(12)4-5-11(10)14(15)16/h4-6,8,13H,3,7H2,1-2H3. The van der Waals surface area contributed by atoms with E-state index in [2.05, 4.69) is 5.32 Å². The Bertz CT molecular complexity index is 574. The molecule has 0 saturated heterocycles. The van der Waals surface area contributed by atoms with Gasteiger partial charge in [0.05, 0.1) is 10.7 Å². The maximum Gasteiger partial charge on any atom is 0.292 e. The molecule has 8 heteroatoms. The molecule has 1 unspecified atom stereocenters. The molecular formula is C11H15ClN2O4S. The monoisotopic (exact) mass is 306 g/mol. The smallest absolute Gasteiger partial charge is 0.292 e. The lowest BCUT2D eigenvalue weighted by molar-refractivity contribution is -0.384. The molecule has 0 aliphatic carbocycles. The van der Waals surface area contributed by atoms with Crippen molar-refractivity contribution in [3.63, 3.8) is 0 Å². The van der Waals surface area contributed by atoms with Crippen LogP contribution in [0, 0.1) is 10.1 Å². The molecule has 6 nitrogen and oxygen atoms in total. The topological polar surface area (TPSA) is 89.3 Å². The number of hydrogen-bond donors (Lipinski definition) is 1. The Labute approximate surface area is 116 Å². The first-order chi connectivity index (χ1) is 8.75. The first-order valence-electron chi connectivity index (χ1n) is 5.66. The number of nitrogens with zero attached hydrogens (tertiary/aromatic N) is 1. The zero-order valence-corrected chi connectivity index (χ0v) is 12.2. The lowest BCUT2D eigenvalue weighted by Gasteiger charge is -2.15. The predicted molar refractivity (Wildman–Crippen MR) is 75.5 cm³/mol. The van der Waals surface area contributed by atoms with E-state index < -0.39 is 20.8 Å². The van der Waals surface area contributed by atoms with E-state index in [-0.39, 0.29) is 22.9 Å². The Kier molecular flexibility index (Phi) is 5.13. The number of sulfone groups is 1. The van der Waals surface area contributed by atoms with E-state index >= 15 is 0 Å². The average molecular weight is 307 g/mol. The molecular weight excluding hydrogens is 292 g/mol. The third-order valence-corrected chi connectivity index (χ3v) is 4.62. The Balaban J connectivity index is 2.93. The minimum Gasteiger partial charge on any atom is -0.376 e. The Morgan fingerprint density at radius 2 is 2.11 bits per heavy atom. The van der Waals surface area contributed by atoms with Gasteiger partial charge < -0.3 is 5.32 Å². The third-order valence-electron chi connectivity index (χ3n) is 2.50. The number of nitro groups is 1. The molecule has 0 amide bonds. The molecule has 0 fully saturated rings. The van der Waals surface area contributed by atoms with Crippen LogP contribution >= 0.6 is 11.6 Å². The minimum atomic E-state index is -3.15. The number of nitro benzene ring substituents is 1. The maximum absolute atomic E-state index is 11.5. The quantitative estimate of drug-likeness (QED) is 0.644. The second-order valence-electron chi connectivity index (χ2n) is 4.16. The van der Waals surface area contributed by atoms with Crippen molar-refractivity contribution >= 4 is 32.8 Å². The van der Waals surface area contributed by atoms with E-state index in [0.717, 1.165) is 0 Å². The van der Waals surface area contributed by atoms with E-state index in [9.17, 15) is 18.5 Å². The van der Waals surface area contributed by atoms with Gasteiger partial charge in [0.2, 0.25) is 0 Å². The van der Waals surface area contributed by atoms with Crippen LogP contribution in [0.5, 0.6) is 0 Å². The van der Waals surface area contributed by atoms with Crippen LogP contribution < -0.4 is 5.32 Å². The van der Waals surface area contributed by atoms with Crippen LogP contribution in [0.25, 0.3) is 0 Å². The first-order valence-corrected chi connectivity index (χ1v) is 7.86. The van der Waals surface area contributed by atoms with Crippen molar-refractivity contribution in [2.24, 2.45) is 0 Å². The van der Waals surface area contributed by atoms with E-state index in [4.69, 9.17) is 11.6 Å². The molecule has 106 valence electrons. The van der Waals surface area contributed by atoms with Crippen molar-refractivity contribution in [2.75, 3.05) is 16.8 Å². The maximum atomic E-state index is 11.5. The molecule has 1 aromatic carbocycles. The largest absolute Gasteiger partial charge is 0.376 e. The summed E-state index contributed by atoms with van der Waals surface area (Å²) in [5.74, 6) is -0.0518. The molecule has 1 rings (SSSR count). The zero-order chi connectivity index (χ0) is 14.6. The van der Waals surface area contributed by atoms with E-state index in [0.29, 0.717) is 5.02 Å². The highest BCUT2D eigenvalue weighted by molar-refractivity contribution is 7.91. The first kappa shape index (κ1) is 15.7. The number of halogens is 1. The molecule has 1 N–H and O–H groups in total. The van der Waals surface area contributed by atoms with Gasteiger partial charge in [0.15, 0.2) is 9.84 Å². The summed E-state index contributed by atoms with van der Waals surface area (Å²) in [6.07, 6.45) is 0. The summed E-state index contributed by atoms with van der Waals surface area (Å²) in [7, 11) is -3.15. The zero-order valence-electron chi connectivity index (χ0n) is 10.6. The number of benzene rings is 1. The molecule has 1 aromatic rings. The predicted octanol–water partition coefficient (Wildman–Crippen LogP) is 2.48. The van der Waals surface area contributed by atoms with Crippen LogP contribution in [0.4, 0.5) is 11.4 Å². The van der Waals surface area contributed by atoms with Crippen molar-refractivity contribution in [3.8, 4) is 0 Å². The summed E-state index contributed by atoms with van der Waals surface area (Å²) in [4.78, 5) is 10.3. The second-order valence-corrected chi connectivity index (χ2v) is 7.00. The summed E-state index contributed by atoms with van der Waals surface area (Å²) in [6.45, 7) is 3.21. The second kappa shape index (κ2) is 6.21. The summed E-state index contributed by atoms with van der Waals surface area (Å²) in [5, 5.41) is 14.0. The molecule has 0 radical (unpaired) electrons. The normalized spacial score (nSPS) is 13.0. The fourth-order valence-corrected chi connectivity index (χ4v) is 2.84. The van der Waals surface area contributed by atoms with E-state index in [1.165, 1.54) is 18.2 Å². The van der Waals surface area contributed by atoms with Gasteiger partial charge in [-0.2, -0.15) is 0 Å². The molecule has 0 aromatic heterocycles. The van der Waals surface area contributed by atoms with Crippen LogP contribution in [0.2, 0.25) is 5.02 Å². The van der Waals surface area contributed by atoms with Crippen LogP contribution in [0.1, 0.15) is 13.8 Å². The van der Waals surface area contributed by atoms with Gasteiger partial charge in [0.1, 0.15) is 5.69 Å². The fourth-order valence-electron chi connectivity index (χ4n) is 1.59. The Hall–Kier alpha value is -1.34. The summed E-state index contributed by atoms with van der Waals surface area (Å²) in [5.41, 5.74) is 0.0847. The van der Waals surface area contributed by atoms with Gasteiger partial charge in [-0.1, -0.05) is 18.5 Å². The van der Waals surface area contributed by atoms with Gasteiger partial charge >= 0.3 is 0 Å². The number of anilines is 1. The minimum absolute atomic E-state index is 0.0384. The van der Waals surface area contributed by atoms with Gasteiger partial charge in [-0.05, 0) is 19.1 Å². The number of rotatable bonds is 6. The molecule has 1 atom stereocenters. The van der Waals surface area contributed by atoms with Crippen molar-refractivity contribution < 1.29 is 13.3 Å². The fraction of sp³-hybridized carbons (Fsp3) is 0.455. The van der Waals surface area contributed by atoms with Gasteiger partial charge in [-0.25, -0.2) is 8.42 Å². The van der Waals surface area contributed by atoms with E-state index in [1.807, 2.05) is 0 Å². The Morgan fingerprint density at radius 1 is 1.47 bits per heavy atom. The van der Waals surface area contributed by atoms with Gasteiger partial charge in [-0.15, -0.1) is 0 Å². The lowest BCUT2D eigenvalue weighted by Crippen LogP contribution is -2.27. The number of hydrogen-bond acceptors (Lipinski definition) is 5. The molecule has 0 saturated carbocycles. The highest BCUT2D eigenvalue weighted by Crippen LogP contribution is 2.28. The Morgan fingerprint density at radius 3 is 2.63 bits per heavy atom. The van der Waals surface area contributed by atoms with E-state index in [1.54, 1.807) is 13.8 Å². The lowest BCUT2D eigenvalue weighted by atomic mass is 10.2. The number of nitrogens with one attached hydrogen (secondary N) is 1. The summed E-state index contributed by atoms with van der Waals surface area (Å²) >= 11 is 5.78. The summed E-state index contributed by atoms with van der Waals surface area (Å²) < 4.78 is 23.0. The van der Waals surface area contributed by atoms with Crippen LogP contribution in [-0.4, -0.2) is 30.9 Å². The van der Waals surface area contributed by atoms with Crippen molar-refractivity contribution in [2.45, 2.75) is 19.9 Å². The van der Waals surface area contributed by atoms with Crippen molar-refractivity contribution in [1.29, 1.82) is 0 Å². The van der Waals surface area contributed by atoms with Crippen molar-refractivity contribution in [1.82, 2.24) is 0 Å².